The van der Waals surface area contributed by atoms with Gasteiger partial charge in [-0.05, 0) is 42.2 Å². The maximum Gasteiger partial charge on any atom is 0.168 e. The van der Waals surface area contributed by atoms with Crippen LogP contribution in [-0.2, 0) is 11.2 Å². The fourth-order valence-electron chi connectivity index (χ4n) is 3.13. The number of ether oxygens (including phenoxy) is 1. The van der Waals surface area contributed by atoms with E-state index < -0.39 is 0 Å². The number of hydrogen-bond acceptors (Lipinski definition) is 2. The van der Waals surface area contributed by atoms with Crippen molar-refractivity contribution < 1.29 is 9.53 Å². The molecule has 0 bridgehead atoms. The highest BCUT2D eigenvalue weighted by Crippen LogP contribution is 2.40. The normalized spacial score (nSPS) is 14.1. The van der Waals surface area contributed by atoms with Gasteiger partial charge in [-0.25, -0.2) is 0 Å². The van der Waals surface area contributed by atoms with Crippen LogP contribution in [0.4, 0.5) is 0 Å². The lowest BCUT2D eigenvalue weighted by Gasteiger charge is -2.23. The topological polar surface area (TPSA) is 26.3 Å². The van der Waals surface area contributed by atoms with Crippen LogP contribution < -0.4 is 4.74 Å². The summed E-state index contributed by atoms with van der Waals surface area (Å²) in [7, 11) is 1.68. The lowest BCUT2D eigenvalue weighted by molar-refractivity contribution is -0.113. The van der Waals surface area contributed by atoms with Crippen LogP contribution in [0.3, 0.4) is 0 Å². The number of allylic oxidation sites excluding steroid dienone is 2. The molecule has 2 aromatic carbocycles. The molecule has 21 heavy (non-hydrogen) atoms. The predicted molar refractivity (Wildman–Crippen MR) is 85.4 cm³/mol. The lowest BCUT2D eigenvalue weighted by Crippen LogP contribution is -2.15. The Kier molecular flexibility index (Phi) is 3.38. The zero-order valence-electron chi connectivity index (χ0n) is 12.6. The highest BCUT2D eigenvalue weighted by Gasteiger charge is 2.26. The largest absolute Gasteiger partial charge is 0.496 e. The quantitative estimate of drug-likeness (QED) is 0.828. The standard InChI is InChI=1S/C19H18O2/c1-12-9-15-11-16(20)18(14-7-5-4-6-8-14)13(2)19(15)17(10-12)21-3/h4-10H,11H2,1-3H3. The van der Waals surface area contributed by atoms with Crippen molar-refractivity contribution in [1.29, 1.82) is 0 Å². The van der Waals surface area contributed by atoms with E-state index in [0.717, 1.165) is 39.1 Å². The Labute approximate surface area is 125 Å². The van der Waals surface area contributed by atoms with Crippen LogP contribution in [-0.4, -0.2) is 12.9 Å². The number of carbonyl (C=O) groups excluding carboxylic acids is 1. The lowest BCUT2D eigenvalue weighted by atomic mass is 9.81. The first-order valence-electron chi connectivity index (χ1n) is 7.09. The molecule has 106 valence electrons. The summed E-state index contributed by atoms with van der Waals surface area (Å²) in [5.74, 6) is 1.03. The second-order valence-corrected chi connectivity index (χ2v) is 5.47. The summed E-state index contributed by atoms with van der Waals surface area (Å²) in [4.78, 5) is 12.6. The highest BCUT2D eigenvalue weighted by molar-refractivity contribution is 6.30. The van der Waals surface area contributed by atoms with Gasteiger partial charge >= 0.3 is 0 Å². The molecule has 0 aromatic heterocycles. The average molecular weight is 278 g/mol. The van der Waals surface area contributed by atoms with E-state index in [9.17, 15) is 4.79 Å². The first kappa shape index (κ1) is 13.6. The summed E-state index contributed by atoms with van der Waals surface area (Å²) >= 11 is 0. The maximum atomic E-state index is 12.6. The van der Waals surface area contributed by atoms with Crippen molar-refractivity contribution in [3.8, 4) is 5.75 Å². The minimum Gasteiger partial charge on any atom is -0.496 e. The van der Waals surface area contributed by atoms with E-state index in [4.69, 9.17) is 4.74 Å². The summed E-state index contributed by atoms with van der Waals surface area (Å²) in [6.07, 6.45) is 0.439. The molecule has 2 aromatic rings. The summed E-state index contributed by atoms with van der Waals surface area (Å²) in [5.41, 5.74) is 6.05. The molecule has 0 atom stereocenters. The number of methoxy groups -OCH3 is 1. The first-order valence-corrected chi connectivity index (χ1v) is 7.09. The van der Waals surface area contributed by atoms with E-state index >= 15 is 0 Å². The minimum atomic E-state index is 0.179. The molecule has 2 heteroatoms. The van der Waals surface area contributed by atoms with Gasteiger partial charge in [0.2, 0.25) is 0 Å². The Morgan fingerprint density at radius 2 is 1.76 bits per heavy atom. The van der Waals surface area contributed by atoms with Crippen molar-refractivity contribution in [2.75, 3.05) is 7.11 Å². The zero-order valence-corrected chi connectivity index (χ0v) is 12.6. The number of ketones is 1. The van der Waals surface area contributed by atoms with Crippen LogP contribution in [0, 0.1) is 6.92 Å². The molecular formula is C19H18O2. The second kappa shape index (κ2) is 5.21. The molecule has 0 N–H and O–H groups in total. The minimum absolute atomic E-state index is 0.179. The van der Waals surface area contributed by atoms with Gasteiger partial charge in [0.05, 0.1) is 7.11 Å². The van der Waals surface area contributed by atoms with E-state index in [0.29, 0.717) is 6.42 Å². The molecule has 0 heterocycles. The third kappa shape index (κ3) is 2.27. The number of fused-ring (bicyclic) bond motifs is 1. The van der Waals surface area contributed by atoms with Gasteiger partial charge in [-0.3, -0.25) is 4.79 Å². The molecule has 0 radical (unpaired) electrons. The second-order valence-electron chi connectivity index (χ2n) is 5.47. The van der Waals surface area contributed by atoms with Gasteiger partial charge in [-0.15, -0.1) is 0 Å². The fourth-order valence-corrected chi connectivity index (χ4v) is 3.13. The smallest absolute Gasteiger partial charge is 0.168 e. The number of hydrogen-bond donors (Lipinski definition) is 0. The molecule has 2 nitrogen and oxygen atoms in total. The molecule has 1 aliphatic carbocycles. The molecule has 3 rings (SSSR count). The monoisotopic (exact) mass is 278 g/mol. The third-order valence-corrected chi connectivity index (χ3v) is 3.99. The van der Waals surface area contributed by atoms with Gasteiger partial charge in [0.25, 0.3) is 0 Å². The molecule has 0 unspecified atom stereocenters. The third-order valence-electron chi connectivity index (χ3n) is 3.99. The van der Waals surface area contributed by atoms with Crippen molar-refractivity contribution in [2.45, 2.75) is 20.3 Å². The van der Waals surface area contributed by atoms with E-state index in [-0.39, 0.29) is 5.78 Å². The molecule has 0 spiro atoms. The van der Waals surface area contributed by atoms with Crippen LogP contribution in [0.25, 0.3) is 11.1 Å². The summed E-state index contributed by atoms with van der Waals surface area (Å²) in [6, 6.07) is 14.0. The summed E-state index contributed by atoms with van der Waals surface area (Å²) in [5, 5.41) is 0. The van der Waals surface area contributed by atoms with Crippen molar-refractivity contribution in [3.05, 3.63) is 64.7 Å². The van der Waals surface area contributed by atoms with Crippen LogP contribution in [0.1, 0.15) is 29.2 Å². The van der Waals surface area contributed by atoms with Gasteiger partial charge in [-0.2, -0.15) is 0 Å². The van der Waals surface area contributed by atoms with Crippen LogP contribution in [0.2, 0.25) is 0 Å². The maximum absolute atomic E-state index is 12.6. The van der Waals surface area contributed by atoms with E-state index in [1.165, 1.54) is 0 Å². The Balaban J connectivity index is 2.27. The Hall–Kier alpha value is -2.35. The number of Topliss-reactive ketones (excluding diaryl/α,β-unsaturated/α-hetero) is 1. The SMILES string of the molecule is COc1cc(C)cc2c1C(C)=C(c1ccccc1)C(=O)C2. The van der Waals surface area contributed by atoms with Crippen molar-refractivity contribution in [3.63, 3.8) is 0 Å². The van der Waals surface area contributed by atoms with E-state index in [1.54, 1.807) is 7.11 Å². The van der Waals surface area contributed by atoms with E-state index in [1.807, 2.05) is 50.2 Å². The molecule has 0 saturated heterocycles. The molecule has 1 aliphatic rings. The zero-order chi connectivity index (χ0) is 15.0. The number of aryl methyl sites for hydroxylation is 1. The molecule has 0 saturated carbocycles. The van der Waals surface area contributed by atoms with Gasteiger partial charge in [0.1, 0.15) is 5.75 Å². The number of rotatable bonds is 2. The van der Waals surface area contributed by atoms with Gasteiger partial charge < -0.3 is 4.74 Å². The summed E-state index contributed by atoms with van der Waals surface area (Å²) < 4.78 is 5.54. The van der Waals surface area contributed by atoms with Gasteiger partial charge in [0.15, 0.2) is 5.78 Å². The summed E-state index contributed by atoms with van der Waals surface area (Å²) in [6.45, 7) is 4.04. The van der Waals surface area contributed by atoms with Crippen molar-refractivity contribution >= 4 is 16.9 Å². The van der Waals surface area contributed by atoms with E-state index in [2.05, 4.69) is 6.07 Å². The molecule has 0 aliphatic heterocycles. The highest BCUT2D eigenvalue weighted by atomic mass is 16.5. The number of benzene rings is 2. The van der Waals surface area contributed by atoms with Gasteiger partial charge in [0, 0.05) is 17.6 Å². The van der Waals surface area contributed by atoms with Crippen LogP contribution >= 0.6 is 0 Å². The van der Waals surface area contributed by atoms with Crippen molar-refractivity contribution in [2.24, 2.45) is 0 Å². The van der Waals surface area contributed by atoms with Crippen molar-refractivity contribution in [1.82, 2.24) is 0 Å². The Bertz CT molecular complexity index is 740. The molecule has 0 amide bonds. The Morgan fingerprint density at radius 1 is 1.05 bits per heavy atom. The predicted octanol–water partition coefficient (Wildman–Crippen LogP) is 4.06. The van der Waals surface area contributed by atoms with Crippen LogP contribution in [0.15, 0.2) is 42.5 Å². The fraction of sp³-hybridized carbons (Fsp3) is 0.211. The Morgan fingerprint density at radius 3 is 2.43 bits per heavy atom. The molecular weight excluding hydrogens is 260 g/mol. The van der Waals surface area contributed by atoms with Gasteiger partial charge in [-0.1, -0.05) is 36.4 Å². The number of carbonyl (C=O) groups is 1. The average Bonchev–Trinajstić information content (AvgIpc) is 2.47. The first-order chi connectivity index (χ1) is 10.1. The van der Waals surface area contributed by atoms with Crippen LogP contribution in [0.5, 0.6) is 5.75 Å². The molecule has 0 fully saturated rings.